The third kappa shape index (κ3) is 5.75. The van der Waals surface area contributed by atoms with E-state index in [-0.39, 0.29) is 0 Å². The average Bonchev–Trinajstić information content (AvgIpc) is 2.74. The van der Waals surface area contributed by atoms with E-state index in [0.717, 1.165) is 10.1 Å². The summed E-state index contributed by atoms with van der Waals surface area (Å²) in [6.45, 7) is 9.79. The fourth-order valence-corrected chi connectivity index (χ4v) is 2.00. The zero-order chi connectivity index (χ0) is 13.5. The third-order valence-electron chi connectivity index (χ3n) is 2.18. The number of ether oxygens (including phenoxy) is 1. The van der Waals surface area contributed by atoms with E-state index in [0.29, 0.717) is 31.6 Å². The molecule has 0 aliphatic rings. The van der Waals surface area contributed by atoms with E-state index in [1.165, 1.54) is 11.3 Å². The van der Waals surface area contributed by atoms with E-state index in [9.17, 15) is 5.11 Å². The third-order valence-corrected chi connectivity index (χ3v) is 3.37. The molecule has 0 spiro atoms. The van der Waals surface area contributed by atoms with Crippen molar-refractivity contribution in [2.24, 2.45) is 5.92 Å². The summed E-state index contributed by atoms with van der Waals surface area (Å²) in [6, 6.07) is 0. The van der Waals surface area contributed by atoms with Crippen molar-refractivity contribution >= 4 is 16.5 Å². The number of rotatable bonds is 8. The molecule has 1 rings (SSSR count). The maximum atomic E-state index is 9.71. The van der Waals surface area contributed by atoms with Gasteiger partial charge in [-0.15, -0.1) is 10.2 Å². The Bertz CT molecular complexity index is 342. The first-order chi connectivity index (χ1) is 8.49. The minimum Gasteiger partial charge on any atom is -0.389 e. The highest BCUT2D eigenvalue weighted by Gasteiger charge is 2.09. The summed E-state index contributed by atoms with van der Waals surface area (Å²) < 4.78 is 5.37. The number of nitrogens with zero attached hydrogens (tertiary/aromatic N) is 2. The van der Waals surface area contributed by atoms with Gasteiger partial charge in [-0.05, 0) is 5.92 Å². The van der Waals surface area contributed by atoms with Crippen LogP contribution in [-0.4, -0.2) is 41.2 Å². The number of aliphatic hydroxyl groups excluding tert-OH is 1. The lowest BCUT2D eigenvalue weighted by atomic mass is 10.2. The molecule has 0 aromatic carbocycles. The van der Waals surface area contributed by atoms with Crippen LogP contribution < -0.4 is 5.32 Å². The van der Waals surface area contributed by atoms with Gasteiger partial charge >= 0.3 is 0 Å². The molecule has 1 aromatic rings. The number of hydrogen-bond acceptors (Lipinski definition) is 6. The Morgan fingerprint density at radius 1 is 1.22 bits per heavy atom. The molecular weight excluding hydrogens is 250 g/mol. The van der Waals surface area contributed by atoms with Crippen molar-refractivity contribution < 1.29 is 9.84 Å². The molecule has 0 aliphatic heterocycles. The average molecular weight is 273 g/mol. The lowest BCUT2D eigenvalue weighted by Crippen LogP contribution is -2.25. The summed E-state index contributed by atoms with van der Waals surface area (Å²) in [7, 11) is 0. The Labute approximate surface area is 113 Å². The highest BCUT2D eigenvalue weighted by atomic mass is 32.1. The van der Waals surface area contributed by atoms with Crippen LogP contribution in [-0.2, 0) is 4.74 Å². The van der Waals surface area contributed by atoms with Gasteiger partial charge in [-0.2, -0.15) is 0 Å². The number of hydrogen-bond donors (Lipinski definition) is 2. The fraction of sp³-hybridized carbons (Fsp3) is 0.833. The maximum absolute atomic E-state index is 9.71. The summed E-state index contributed by atoms with van der Waals surface area (Å²) in [4.78, 5) is 0. The Hall–Kier alpha value is -0.720. The first-order valence-electron chi connectivity index (χ1n) is 6.32. The summed E-state index contributed by atoms with van der Waals surface area (Å²) in [5.74, 6) is 0.874. The normalized spacial score (nSPS) is 13.3. The molecule has 0 fully saturated rings. The smallest absolute Gasteiger partial charge is 0.205 e. The van der Waals surface area contributed by atoms with Crippen molar-refractivity contribution in [3.63, 3.8) is 0 Å². The van der Waals surface area contributed by atoms with Gasteiger partial charge in [-0.25, -0.2) is 0 Å². The molecular formula is C12H23N3O2S. The molecule has 2 N–H and O–H groups in total. The lowest BCUT2D eigenvalue weighted by molar-refractivity contribution is 0.0318. The van der Waals surface area contributed by atoms with Crippen LogP contribution in [0.25, 0.3) is 0 Å². The van der Waals surface area contributed by atoms with Crippen LogP contribution >= 0.6 is 11.3 Å². The minimum absolute atomic E-state index is 0.348. The van der Waals surface area contributed by atoms with Crippen molar-refractivity contribution in [1.82, 2.24) is 10.2 Å². The first kappa shape index (κ1) is 15.3. The fourth-order valence-electron chi connectivity index (χ4n) is 1.24. The predicted octanol–water partition coefficient (Wildman–Crippen LogP) is 2.11. The highest BCUT2D eigenvalue weighted by Crippen LogP contribution is 2.22. The van der Waals surface area contributed by atoms with Crippen molar-refractivity contribution in [3.8, 4) is 0 Å². The largest absolute Gasteiger partial charge is 0.389 e. The second-order valence-corrected chi connectivity index (χ2v) is 6.08. The summed E-state index contributed by atoms with van der Waals surface area (Å²) in [6.07, 6.45) is -0.518. The molecule has 1 atom stereocenters. The van der Waals surface area contributed by atoms with E-state index in [1.807, 2.05) is 0 Å². The summed E-state index contributed by atoms with van der Waals surface area (Å²) >= 11 is 1.53. The molecule has 0 bridgehead atoms. The molecule has 104 valence electrons. The van der Waals surface area contributed by atoms with Crippen LogP contribution in [0.4, 0.5) is 5.13 Å². The molecule has 5 nitrogen and oxygen atoms in total. The zero-order valence-electron chi connectivity index (χ0n) is 11.5. The molecule has 6 heteroatoms. The molecule has 1 aromatic heterocycles. The van der Waals surface area contributed by atoms with Crippen LogP contribution in [0.2, 0.25) is 0 Å². The van der Waals surface area contributed by atoms with Crippen molar-refractivity contribution in [2.45, 2.75) is 39.7 Å². The molecule has 0 unspecified atom stereocenters. The molecule has 0 saturated carbocycles. The zero-order valence-corrected chi connectivity index (χ0v) is 12.3. The van der Waals surface area contributed by atoms with E-state index >= 15 is 0 Å². The monoisotopic (exact) mass is 273 g/mol. The van der Waals surface area contributed by atoms with Crippen molar-refractivity contribution in [3.05, 3.63) is 5.01 Å². The number of anilines is 1. The van der Waals surface area contributed by atoms with E-state index in [2.05, 4.69) is 43.2 Å². The second-order valence-electron chi connectivity index (χ2n) is 5.07. The van der Waals surface area contributed by atoms with Crippen LogP contribution in [0, 0.1) is 5.92 Å². The van der Waals surface area contributed by atoms with E-state index in [4.69, 9.17) is 4.74 Å². The Morgan fingerprint density at radius 2 is 1.94 bits per heavy atom. The Morgan fingerprint density at radius 3 is 2.50 bits per heavy atom. The van der Waals surface area contributed by atoms with E-state index < -0.39 is 6.10 Å². The van der Waals surface area contributed by atoms with Gasteiger partial charge in [0.2, 0.25) is 5.13 Å². The topological polar surface area (TPSA) is 67.3 Å². The van der Waals surface area contributed by atoms with Gasteiger partial charge in [0.15, 0.2) is 0 Å². The summed E-state index contributed by atoms with van der Waals surface area (Å²) in [5, 5.41) is 22.6. The molecule has 0 amide bonds. The second kappa shape index (κ2) is 7.66. The number of aliphatic hydroxyl groups is 1. The van der Waals surface area contributed by atoms with Gasteiger partial charge in [0.25, 0.3) is 0 Å². The van der Waals surface area contributed by atoms with Gasteiger partial charge in [0.1, 0.15) is 5.01 Å². The molecule has 0 saturated heterocycles. The predicted molar refractivity (Wildman–Crippen MR) is 74.2 cm³/mol. The van der Waals surface area contributed by atoms with Crippen LogP contribution in [0.15, 0.2) is 0 Å². The highest BCUT2D eigenvalue weighted by molar-refractivity contribution is 7.15. The van der Waals surface area contributed by atoms with E-state index in [1.54, 1.807) is 0 Å². The Kier molecular flexibility index (Phi) is 6.52. The number of aromatic nitrogens is 2. The van der Waals surface area contributed by atoms with Crippen LogP contribution in [0.3, 0.4) is 0 Å². The molecule has 0 radical (unpaired) electrons. The number of nitrogens with one attached hydrogen (secondary N) is 1. The molecule has 0 aliphatic carbocycles. The van der Waals surface area contributed by atoms with Crippen LogP contribution in [0.5, 0.6) is 0 Å². The Balaban J connectivity index is 2.22. The van der Waals surface area contributed by atoms with Gasteiger partial charge in [-0.3, -0.25) is 0 Å². The van der Waals surface area contributed by atoms with Gasteiger partial charge in [0.05, 0.1) is 12.7 Å². The van der Waals surface area contributed by atoms with Gasteiger partial charge in [-0.1, -0.05) is 39.0 Å². The van der Waals surface area contributed by atoms with Gasteiger partial charge < -0.3 is 15.2 Å². The van der Waals surface area contributed by atoms with Crippen LogP contribution in [0.1, 0.15) is 38.6 Å². The first-order valence-corrected chi connectivity index (χ1v) is 7.13. The SMILES string of the molecule is CC(C)COC[C@H](O)CNc1nnc(C(C)C)s1. The quantitative estimate of drug-likeness (QED) is 0.759. The van der Waals surface area contributed by atoms with Crippen molar-refractivity contribution in [2.75, 3.05) is 25.1 Å². The molecule has 18 heavy (non-hydrogen) atoms. The van der Waals surface area contributed by atoms with Crippen molar-refractivity contribution in [1.29, 1.82) is 0 Å². The molecule has 1 heterocycles. The standard InChI is InChI=1S/C12H23N3O2S/c1-8(2)6-17-7-10(16)5-13-12-15-14-11(18-12)9(3)4/h8-10,16H,5-7H2,1-4H3,(H,13,15)/t10-/m1/s1. The minimum atomic E-state index is -0.518. The lowest BCUT2D eigenvalue weighted by Gasteiger charge is -2.12. The maximum Gasteiger partial charge on any atom is 0.205 e. The van der Waals surface area contributed by atoms with Gasteiger partial charge in [0, 0.05) is 19.1 Å². The summed E-state index contributed by atoms with van der Waals surface area (Å²) in [5.41, 5.74) is 0.